The van der Waals surface area contributed by atoms with E-state index in [2.05, 4.69) is 31.8 Å². The third kappa shape index (κ3) is 2.78. The quantitative estimate of drug-likeness (QED) is 0.651. The first-order chi connectivity index (χ1) is 8.59. The SMILES string of the molecule is CC(C)(C)c1ccc2nc(C(C)(C)C)c(F)cc2c1. The zero-order chi connectivity index (χ0) is 14.4. The Morgan fingerprint density at radius 3 is 2.05 bits per heavy atom. The lowest BCUT2D eigenvalue weighted by Gasteiger charge is -2.21. The van der Waals surface area contributed by atoms with Crippen LogP contribution in [-0.4, -0.2) is 4.98 Å². The summed E-state index contributed by atoms with van der Waals surface area (Å²) in [6.45, 7) is 12.4. The van der Waals surface area contributed by atoms with Crippen LogP contribution in [0.3, 0.4) is 0 Å². The molecule has 1 nitrogen and oxygen atoms in total. The molecule has 0 N–H and O–H groups in total. The van der Waals surface area contributed by atoms with Gasteiger partial charge in [0.25, 0.3) is 0 Å². The Balaban J connectivity index is 2.65. The van der Waals surface area contributed by atoms with Gasteiger partial charge >= 0.3 is 0 Å². The van der Waals surface area contributed by atoms with Gasteiger partial charge in [-0.15, -0.1) is 0 Å². The van der Waals surface area contributed by atoms with Crippen LogP contribution >= 0.6 is 0 Å². The molecule has 0 spiro atoms. The maximum absolute atomic E-state index is 14.2. The minimum absolute atomic E-state index is 0.0629. The fraction of sp³-hybridized carbons (Fsp3) is 0.471. The van der Waals surface area contributed by atoms with Gasteiger partial charge in [0, 0.05) is 10.8 Å². The van der Waals surface area contributed by atoms with Crippen molar-refractivity contribution in [3.63, 3.8) is 0 Å². The Morgan fingerprint density at radius 2 is 1.53 bits per heavy atom. The summed E-state index contributed by atoms with van der Waals surface area (Å²) in [6.07, 6.45) is 0. The van der Waals surface area contributed by atoms with E-state index in [1.165, 1.54) is 5.56 Å². The van der Waals surface area contributed by atoms with Crippen LogP contribution in [0.2, 0.25) is 0 Å². The van der Waals surface area contributed by atoms with Crippen molar-refractivity contribution in [1.29, 1.82) is 0 Å². The summed E-state index contributed by atoms with van der Waals surface area (Å²) in [6, 6.07) is 7.72. The Bertz CT molecular complexity index is 615. The van der Waals surface area contributed by atoms with Gasteiger partial charge in [-0.3, -0.25) is 0 Å². The highest BCUT2D eigenvalue weighted by atomic mass is 19.1. The highest BCUT2D eigenvalue weighted by molar-refractivity contribution is 5.80. The fourth-order valence-electron chi connectivity index (χ4n) is 2.14. The summed E-state index contributed by atoms with van der Waals surface area (Å²) in [7, 11) is 0. The smallest absolute Gasteiger partial charge is 0.145 e. The molecule has 1 heterocycles. The number of halogens is 1. The Kier molecular flexibility index (Phi) is 3.16. The van der Waals surface area contributed by atoms with Crippen LogP contribution < -0.4 is 0 Å². The van der Waals surface area contributed by atoms with E-state index in [-0.39, 0.29) is 16.6 Å². The summed E-state index contributed by atoms with van der Waals surface area (Å²) in [5.41, 5.74) is 2.38. The van der Waals surface area contributed by atoms with Gasteiger partial charge < -0.3 is 0 Å². The van der Waals surface area contributed by atoms with Gasteiger partial charge in [0.05, 0.1) is 11.2 Å². The topological polar surface area (TPSA) is 12.9 Å². The molecule has 0 atom stereocenters. The molecule has 102 valence electrons. The number of rotatable bonds is 0. The first-order valence-corrected chi connectivity index (χ1v) is 6.70. The van der Waals surface area contributed by atoms with Crippen LogP contribution in [0.15, 0.2) is 24.3 Å². The zero-order valence-electron chi connectivity index (χ0n) is 12.6. The molecular formula is C17H22FN. The van der Waals surface area contributed by atoms with Gasteiger partial charge in [-0.25, -0.2) is 9.37 Å². The van der Waals surface area contributed by atoms with E-state index in [0.29, 0.717) is 5.69 Å². The number of hydrogen-bond acceptors (Lipinski definition) is 1. The Hall–Kier alpha value is -1.44. The van der Waals surface area contributed by atoms with E-state index in [1.807, 2.05) is 32.9 Å². The average molecular weight is 259 g/mol. The van der Waals surface area contributed by atoms with Gasteiger partial charge in [-0.1, -0.05) is 47.6 Å². The summed E-state index contributed by atoms with van der Waals surface area (Å²) in [4.78, 5) is 4.49. The second kappa shape index (κ2) is 4.29. The van der Waals surface area contributed by atoms with Gasteiger partial charge in [0.1, 0.15) is 5.82 Å². The van der Waals surface area contributed by atoms with Crippen molar-refractivity contribution < 1.29 is 4.39 Å². The molecule has 1 aromatic heterocycles. The Labute approximate surface area is 114 Å². The van der Waals surface area contributed by atoms with Gasteiger partial charge in [0.15, 0.2) is 0 Å². The van der Waals surface area contributed by atoms with Gasteiger partial charge in [-0.2, -0.15) is 0 Å². The number of pyridine rings is 1. The molecule has 2 heteroatoms. The highest BCUT2D eigenvalue weighted by Crippen LogP contribution is 2.29. The lowest BCUT2D eigenvalue weighted by molar-refractivity contribution is 0.506. The predicted molar refractivity (Wildman–Crippen MR) is 79.1 cm³/mol. The zero-order valence-corrected chi connectivity index (χ0v) is 12.6. The van der Waals surface area contributed by atoms with Crippen LogP contribution in [0, 0.1) is 5.82 Å². The van der Waals surface area contributed by atoms with E-state index >= 15 is 0 Å². The highest BCUT2D eigenvalue weighted by Gasteiger charge is 2.21. The van der Waals surface area contributed by atoms with Crippen molar-refractivity contribution in [3.8, 4) is 0 Å². The first-order valence-electron chi connectivity index (χ1n) is 6.70. The number of hydrogen-bond donors (Lipinski definition) is 0. The number of nitrogens with zero attached hydrogens (tertiary/aromatic N) is 1. The van der Waals surface area contributed by atoms with E-state index in [4.69, 9.17) is 0 Å². The molecule has 2 aromatic rings. The molecule has 1 aromatic carbocycles. The summed E-state index contributed by atoms with van der Waals surface area (Å²) in [5, 5.41) is 0.873. The minimum Gasteiger partial charge on any atom is -0.249 e. The predicted octanol–water partition coefficient (Wildman–Crippen LogP) is 4.97. The van der Waals surface area contributed by atoms with Crippen LogP contribution in [-0.2, 0) is 10.8 Å². The lowest BCUT2D eigenvalue weighted by Crippen LogP contribution is -2.16. The Morgan fingerprint density at radius 1 is 0.895 bits per heavy atom. The third-order valence-corrected chi connectivity index (χ3v) is 3.34. The number of aromatic nitrogens is 1. The molecule has 2 rings (SSSR count). The second-order valence-corrected chi connectivity index (χ2v) is 7.23. The maximum Gasteiger partial charge on any atom is 0.145 e. The number of benzene rings is 1. The molecule has 0 saturated carbocycles. The largest absolute Gasteiger partial charge is 0.249 e. The van der Waals surface area contributed by atoms with Crippen LogP contribution in [0.5, 0.6) is 0 Å². The van der Waals surface area contributed by atoms with Crippen LogP contribution in [0.4, 0.5) is 4.39 Å². The molecule has 0 amide bonds. The third-order valence-electron chi connectivity index (χ3n) is 3.34. The normalized spacial score (nSPS) is 13.0. The molecule has 0 saturated heterocycles. The van der Waals surface area contributed by atoms with E-state index in [0.717, 1.165) is 10.9 Å². The second-order valence-electron chi connectivity index (χ2n) is 7.23. The maximum atomic E-state index is 14.2. The van der Waals surface area contributed by atoms with Crippen molar-refractivity contribution in [1.82, 2.24) is 4.98 Å². The summed E-state index contributed by atoms with van der Waals surface area (Å²) >= 11 is 0. The molecule has 0 unspecified atom stereocenters. The minimum atomic E-state index is -0.277. The average Bonchev–Trinajstić information content (AvgIpc) is 2.24. The van der Waals surface area contributed by atoms with Gasteiger partial charge in [0.2, 0.25) is 0 Å². The lowest BCUT2D eigenvalue weighted by atomic mass is 9.86. The molecule has 0 bridgehead atoms. The van der Waals surface area contributed by atoms with Crippen molar-refractivity contribution >= 4 is 10.9 Å². The first kappa shape index (κ1) is 14.0. The van der Waals surface area contributed by atoms with Crippen molar-refractivity contribution in [2.45, 2.75) is 52.4 Å². The standard InChI is InChI=1S/C17H22FN/c1-16(2,3)12-7-8-14-11(9-12)10-13(18)15(19-14)17(4,5)6/h7-10H,1-6H3. The molecule has 0 aliphatic carbocycles. The van der Waals surface area contributed by atoms with Crippen LogP contribution in [0.1, 0.15) is 52.8 Å². The molecular weight excluding hydrogens is 237 g/mol. The monoisotopic (exact) mass is 259 g/mol. The molecule has 0 radical (unpaired) electrons. The van der Waals surface area contributed by atoms with Crippen molar-refractivity contribution in [2.24, 2.45) is 0 Å². The van der Waals surface area contributed by atoms with E-state index in [1.54, 1.807) is 6.07 Å². The molecule has 19 heavy (non-hydrogen) atoms. The summed E-state index contributed by atoms with van der Waals surface area (Å²) < 4.78 is 14.2. The van der Waals surface area contributed by atoms with Crippen molar-refractivity contribution in [3.05, 3.63) is 41.3 Å². The molecule has 0 aliphatic rings. The number of fused-ring (bicyclic) bond motifs is 1. The van der Waals surface area contributed by atoms with E-state index in [9.17, 15) is 4.39 Å². The summed E-state index contributed by atoms with van der Waals surface area (Å²) in [5.74, 6) is -0.217. The fourth-order valence-corrected chi connectivity index (χ4v) is 2.14. The molecule has 0 aliphatic heterocycles. The molecule has 0 fully saturated rings. The van der Waals surface area contributed by atoms with Crippen molar-refractivity contribution in [2.75, 3.05) is 0 Å². The van der Waals surface area contributed by atoms with E-state index < -0.39 is 0 Å². The van der Waals surface area contributed by atoms with Gasteiger partial charge in [-0.05, 0) is 29.2 Å². The van der Waals surface area contributed by atoms with Crippen LogP contribution in [0.25, 0.3) is 10.9 Å².